The van der Waals surface area contributed by atoms with Crippen molar-refractivity contribution in [2.75, 3.05) is 5.43 Å². The van der Waals surface area contributed by atoms with Crippen LogP contribution in [-0.4, -0.2) is 16.7 Å². The number of nitrogens with zero attached hydrogens (tertiary/aromatic N) is 2. The quantitative estimate of drug-likeness (QED) is 0.645. The van der Waals surface area contributed by atoms with Crippen molar-refractivity contribution < 1.29 is 9.90 Å². The maximum Gasteiger partial charge on any atom is 0.0873 e. The second-order valence-corrected chi connectivity index (χ2v) is 3.92. The summed E-state index contributed by atoms with van der Waals surface area (Å²) in [4.78, 5) is 14.9. The van der Waals surface area contributed by atoms with Crippen LogP contribution in [0.1, 0.15) is 12.6 Å². The minimum absolute atomic E-state index is 0.103. The zero-order chi connectivity index (χ0) is 13.1. The number of aliphatic carboxylic acids is 1. The minimum Gasteiger partial charge on any atom is -0.543 e. The Morgan fingerprint density at radius 1 is 1.39 bits per heavy atom. The van der Waals surface area contributed by atoms with Crippen molar-refractivity contribution in [3.05, 3.63) is 36.0 Å². The summed E-state index contributed by atoms with van der Waals surface area (Å²) in [6.07, 6.45) is 0. The Kier molecular flexibility index (Phi) is 3.23. The highest BCUT2D eigenvalue weighted by atomic mass is 16.4. The number of aromatic nitrogens is 1. The average Bonchev–Trinajstić information content (AvgIpc) is 2.35. The number of para-hydroxylation sites is 1. The number of hydrogen-bond acceptors (Lipinski definition) is 5. The third-order valence-electron chi connectivity index (χ3n) is 2.48. The van der Waals surface area contributed by atoms with Gasteiger partial charge in [-0.05, 0) is 26.0 Å². The van der Waals surface area contributed by atoms with Crippen molar-refractivity contribution in [1.29, 1.82) is 0 Å². The van der Waals surface area contributed by atoms with Gasteiger partial charge in [-0.15, -0.1) is 0 Å². The third kappa shape index (κ3) is 2.45. The van der Waals surface area contributed by atoms with E-state index in [9.17, 15) is 9.90 Å². The van der Waals surface area contributed by atoms with Gasteiger partial charge in [0.05, 0.1) is 22.9 Å². The lowest BCUT2D eigenvalue weighted by molar-refractivity contribution is -0.294. The molecule has 0 fully saturated rings. The van der Waals surface area contributed by atoms with Crippen LogP contribution in [0.3, 0.4) is 0 Å². The number of benzene rings is 1. The highest BCUT2D eigenvalue weighted by molar-refractivity contribution is 6.33. The van der Waals surface area contributed by atoms with Crippen molar-refractivity contribution >= 4 is 28.3 Å². The number of carbonyl (C=O) groups excluding carboxylic acids is 1. The predicted molar refractivity (Wildman–Crippen MR) is 68.2 cm³/mol. The number of anilines is 1. The monoisotopic (exact) mass is 242 g/mol. The van der Waals surface area contributed by atoms with Crippen molar-refractivity contribution in [2.24, 2.45) is 5.10 Å². The van der Waals surface area contributed by atoms with E-state index in [1.807, 2.05) is 37.3 Å². The maximum atomic E-state index is 10.6. The van der Waals surface area contributed by atoms with E-state index in [1.165, 1.54) is 6.92 Å². The normalized spacial score (nSPS) is 11.6. The van der Waals surface area contributed by atoms with Crippen LogP contribution in [0, 0.1) is 6.92 Å². The summed E-state index contributed by atoms with van der Waals surface area (Å²) < 4.78 is 0. The summed E-state index contributed by atoms with van der Waals surface area (Å²) in [5, 5.41) is 15.2. The summed E-state index contributed by atoms with van der Waals surface area (Å²) >= 11 is 0. The maximum absolute atomic E-state index is 10.6. The Hall–Kier alpha value is -2.43. The number of carbonyl (C=O) groups is 1. The second kappa shape index (κ2) is 4.83. The summed E-state index contributed by atoms with van der Waals surface area (Å²) in [6, 6.07) is 9.39. The summed E-state index contributed by atoms with van der Waals surface area (Å²) in [5.74, 6) is -1.29. The molecule has 0 bridgehead atoms. The molecule has 0 radical (unpaired) electrons. The summed E-state index contributed by atoms with van der Waals surface area (Å²) in [7, 11) is 0. The average molecular weight is 242 g/mol. The molecule has 1 aromatic carbocycles. The SMILES string of the molecule is C/C(=N/Nc1cc(C)nc2ccccc12)C(=O)[O-]. The van der Waals surface area contributed by atoms with Crippen molar-refractivity contribution in [3.8, 4) is 0 Å². The number of aryl methyl sites for hydroxylation is 1. The van der Waals surface area contributed by atoms with Crippen LogP contribution >= 0.6 is 0 Å². The van der Waals surface area contributed by atoms with Crippen molar-refractivity contribution in [3.63, 3.8) is 0 Å². The first kappa shape index (κ1) is 12.0. The topological polar surface area (TPSA) is 77.4 Å². The van der Waals surface area contributed by atoms with Gasteiger partial charge in [-0.3, -0.25) is 10.4 Å². The molecule has 0 aliphatic rings. The molecular formula is C13H12N3O2-. The fourth-order valence-electron chi connectivity index (χ4n) is 1.59. The Labute approximate surface area is 104 Å². The van der Waals surface area contributed by atoms with Crippen LogP contribution in [0.25, 0.3) is 10.9 Å². The first-order valence-electron chi connectivity index (χ1n) is 5.46. The van der Waals surface area contributed by atoms with Crippen LogP contribution in [0.4, 0.5) is 5.69 Å². The molecule has 5 nitrogen and oxygen atoms in total. The van der Waals surface area contributed by atoms with Crippen LogP contribution in [-0.2, 0) is 4.79 Å². The molecule has 2 aromatic rings. The van der Waals surface area contributed by atoms with Gasteiger partial charge in [0.15, 0.2) is 0 Å². The zero-order valence-corrected chi connectivity index (χ0v) is 10.1. The lowest BCUT2D eigenvalue weighted by atomic mass is 10.1. The van der Waals surface area contributed by atoms with Crippen LogP contribution in [0.2, 0.25) is 0 Å². The van der Waals surface area contributed by atoms with Gasteiger partial charge < -0.3 is 9.90 Å². The van der Waals surface area contributed by atoms with E-state index < -0.39 is 5.97 Å². The largest absolute Gasteiger partial charge is 0.543 e. The Balaban J connectivity index is 2.44. The molecule has 0 amide bonds. The fraction of sp³-hybridized carbons (Fsp3) is 0.154. The second-order valence-electron chi connectivity index (χ2n) is 3.92. The number of hydrogen-bond donors (Lipinski definition) is 1. The zero-order valence-electron chi connectivity index (χ0n) is 10.1. The molecule has 0 atom stereocenters. The highest BCUT2D eigenvalue weighted by Gasteiger charge is 2.02. The Morgan fingerprint density at radius 3 is 2.83 bits per heavy atom. The van der Waals surface area contributed by atoms with E-state index in [-0.39, 0.29) is 5.71 Å². The standard InChI is InChI=1S/C13H13N3O2/c1-8-7-12(16-15-9(2)13(17)18)10-5-3-4-6-11(10)14-8/h3-7H,1-2H3,(H,14,16)(H,17,18)/p-1/b15-9-. The number of fused-ring (bicyclic) bond motifs is 1. The fourth-order valence-corrected chi connectivity index (χ4v) is 1.59. The predicted octanol–water partition coefficient (Wildman–Crippen LogP) is 1.08. The van der Waals surface area contributed by atoms with E-state index in [1.54, 1.807) is 0 Å². The summed E-state index contributed by atoms with van der Waals surface area (Å²) in [6.45, 7) is 3.24. The smallest absolute Gasteiger partial charge is 0.0873 e. The Bertz CT molecular complexity index is 635. The molecule has 1 aromatic heterocycles. The van der Waals surface area contributed by atoms with Crippen LogP contribution in [0.15, 0.2) is 35.4 Å². The number of pyridine rings is 1. The van der Waals surface area contributed by atoms with Crippen LogP contribution < -0.4 is 10.5 Å². The molecule has 0 aliphatic carbocycles. The van der Waals surface area contributed by atoms with E-state index in [2.05, 4.69) is 15.5 Å². The van der Waals surface area contributed by atoms with Gasteiger partial charge in [0, 0.05) is 11.1 Å². The van der Waals surface area contributed by atoms with Gasteiger partial charge in [0.25, 0.3) is 0 Å². The van der Waals surface area contributed by atoms with E-state index in [4.69, 9.17) is 0 Å². The molecule has 2 rings (SSSR count). The van der Waals surface area contributed by atoms with Gasteiger partial charge in [0.1, 0.15) is 0 Å². The van der Waals surface area contributed by atoms with Gasteiger partial charge in [-0.25, -0.2) is 0 Å². The molecular weight excluding hydrogens is 230 g/mol. The number of hydrazone groups is 1. The highest BCUT2D eigenvalue weighted by Crippen LogP contribution is 2.22. The molecule has 1 heterocycles. The third-order valence-corrected chi connectivity index (χ3v) is 2.48. The lowest BCUT2D eigenvalue weighted by Gasteiger charge is -2.08. The van der Waals surface area contributed by atoms with Gasteiger partial charge in [0.2, 0.25) is 0 Å². The van der Waals surface area contributed by atoms with E-state index >= 15 is 0 Å². The van der Waals surface area contributed by atoms with Crippen LogP contribution in [0.5, 0.6) is 0 Å². The van der Waals surface area contributed by atoms with Gasteiger partial charge >= 0.3 is 0 Å². The first-order chi connectivity index (χ1) is 8.58. The van der Waals surface area contributed by atoms with E-state index in [0.29, 0.717) is 0 Å². The molecule has 0 saturated carbocycles. The van der Waals surface area contributed by atoms with Gasteiger partial charge in [-0.1, -0.05) is 18.2 Å². The number of carboxylic acids is 1. The number of carboxylic acid groups (broad SMARTS) is 1. The lowest BCUT2D eigenvalue weighted by Crippen LogP contribution is -2.30. The first-order valence-corrected chi connectivity index (χ1v) is 5.46. The molecule has 0 spiro atoms. The molecule has 0 aliphatic heterocycles. The van der Waals surface area contributed by atoms with Crippen molar-refractivity contribution in [1.82, 2.24) is 4.98 Å². The summed E-state index contributed by atoms with van der Waals surface area (Å²) in [5.41, 5.74) is 5.02. The molecule has 92 valence electrons. The number of rotatable bonds is 3. The van der Waals surface area contributed by atoms with Gasteiger partial charge in [-0.2, -0.15) is 5.10 Å². The molecule has 18 heavy (non-hydrogen) atoms. The molecule has 5 heteroatoms. The minimum atomic E-state index is -1.29. The molecule has 0 unspecified atom stereocenters. The van der Waals surface area contributed by atoms with E-state index in [0.717, 1.165) is 22.3 Å². The Morgan fingerprint density at radius 2 is 2.11 bits per heavy atom. The molecule has 0 saturated heterocycles. The number of nitrogens with one attached hydrogen (secondary N) is 1. The van der Waals surface area contributed by atoms with Crippen molar-refractivity contribution in [2.45, 2.75) is 13.8 Å². The molecule has 1 N–H and O–H groups in total.